The minimum Gasteiger partial charge on any atom is -0.350 e. The van der Waals surface area contributed by atoms with Gasteiger partial charge in [-0.05, 0) is 38.2 Å². The van der Waals surface area contributed by atoms with Gasteiger partial charge in [-0.25, -0.2) is 10.2 Å². The lowest BCUT2D eigenvalue weighted by Gasteiger charge is -2.22. The summed E-state index contributed by atoms with van der Waals surface area (Å²) in [7, 11) is 0. The molecular weight excluding hydrogens is 190 g/mol. The largest absolute Gasteiger partial charge is 0.350 e. The molecule has 82 valence electrons. The van der Waals surface area contributed by atoms with E-state index in [4.69, 9.17) is 5.73 Å². The first-order chi connectivity index (χ1) is 7.00. The molecule has 1 aliphatic rings. The fraction of sp³-hybridized carbons (Fsp3) is 0.455. The van der Waals surface area contributed by atoms with Crippen LogP contribution < -0.4 is 11.2 Å². The highest BCUT2D eigenvalue weighted by Crippen LogP contribution is 2.26. The summed E-state index contributed by atoms with van der Waals surface area (Å²) in [5.74, 6) is 0.419. The van der Waals surface area contributed by atoms with Gasteiger partial charge < -0.3 is 5.73 Å². The number of allylic oxidation sites excluding steroid dienone is 3. The Labute approximate surface area is 89.9 Å². The van der Waals surface area contributed by atoms with Gasteiger partial charge in [0.25, 0.3) is 0 Å². The number of rotatable bonds is 2. The smallest absolute Gasteiger partial charge is 0.332 e. The maximum Gasteiger partial charge on any atom is 0.332 e. The Morgan fingerprint density at radius 1 is 1.73 bits per heavy atom. The number of carbonyl (C=O) groups excluding carboxylic acids is 1. The Kier molecular flexibility index (Phi) is 3.66. The Morgan fingerprint density at radius 3 is 2.93 bits per heavy atom. The van der Waals surface area contributed by atoms with Crippen LogP contribution in [0.2, 0.25) is 0 Å². The summed E-state index contributed by atoms with van der Waals surface area (Å²) in [6.07, 6.45) is 3.93. The average Bonchev–Trinajstić information content (AvgIpc) is 2.16. The Hall–Kier alpha value is -1.58. The Morgan fingerprint density at radius 2 is 2.40 bits per heavy atom. The first-order valence-electron chi connectivity index (χ1n) is 4.95. The van der Waals surface area contributed by atoms with Crippen LogP contribution in [0, 0.1) is 5.92 Å². The topological polar surface area (TPSA) is 67.5 Å². The molecule has 0 heterocycles. The number of primary amides is 1. The lowest BCUT2D eigenvalue weighted by atomic mass is 9.85. The van der Waals surface area contributed by atoms with Crippen molar-refractivity contribution in [2.75, 3.05) is 0 Å². The summed E-state index contributed by atoms with van der Waals surface area (Å²) in [5.41, 5.74) is 10.3. The third-order valence-corrected chi connectivity index (χ3v) is 2.60. The van der Waals surface area contributed by atoms with E-state index in [1.165, 1.54) is 0 Å². The fourth-order valence-electron chi connectivity index (χ4n) is 1.55. The molecule has 4 nitrogen and oxygen atoms in total. The van der Waals surface area contributed by atoms with Crippen LogP contribution in [0.3, 0.4) is 0 Å². The minimum atomic E-state index is -0.632. The number of nitrogens with zero attached hydrogens (tertiary/aromatic N) is 1. The molecule has 0 aromatic carbocycles. The van der Waals surface area contributed by atoms with E-state index in [1.54, 1.807) is 0 Å². The molecule has 1 aliphatic carbocycles. The van der Waals surface area contributed by atoms with Crippen molar-refractivity contribution in [1.82, 2.24) is 5.43 Å². The van der Waals surface area contributed by atoms with E-state index in [0.717, 1.165) is 29.7 Å². The van der Waals surface area contributed by atoms with Gasteiger partial charge in [-0.1, -0.05) is 18.2 Å². The van der Waals surface area contributed by atoms with Crippen molar-refractivity contribution in [1.29, 1.82) is 0 Å². The van der Waals surface area contributed by atoms with E-state index in [0.29, 0.717) is 5.92 Å². The molecule has 1 rings (SSSR count). The normalized spacial score (nSPS) is 23.5. The van der Waals surface area contributed by atoms with Gasteiger partial charge in [-0.3, -0.25) is 0 Å². The lowest BCUT2D eigenvalue weighted by molar-refractivity contribution is 0.249. The van der Waals surface area contributed by atoms with E-state index in [1.807, 2.05) is 13.8 Å². The second-order valence-electron chi connectivity index (χ2n) is 3.90. The molecule has 0 radical (unpaired) electrons. The van der Waals surface area contributed by atoms with Crippen LogP contribution >= 0.6 is 0 Å². The predicted molar refractivity (Wildman–Crippen MR) is 61.4 cm³/mol. The lowest BCUT2D eigenvalue weighted by Crippen LogP contribution is -2.27. The molecule has 15 heavy (non-hydrogen) atoms. The van der Waals surface area contributed by atoms with Crippen LogP contribution in [-0.4, -0.2) is 11.7 Å². The first kappa shape index (κ1) is 11.5. The highest BCUT2D eigenvalue weighted by atomic mass is 16.2. The third kappa shape index (κ3) is 3.23. The Balaban J connectivity index is 2.75. The van der Waals surface area contributed by atoms with Crippen LogP contribution in [0.5, 0.6) is 0 Å². The highest BCUT2D eigenvalue weighted by molar-refractivity contribution is 6.01. The molecule has 0 bridgehead atoms. The summed E-state index contributed by atoms with van der Waals surface area (Å²) in [5, 5.41) is 3.98. The van der Waals surface area contributed by atoms with Gasteiger partial charge in [0.05, 0.1) is 5.71 Å². The second kappa shape index (κ2) is 4.77. The van der Waals surface area contributed by atoms with Crippen LogP contribution in [0.15, 0.2) is 28.9 Å². The molecule has 0 saturated heterocycles. The van der Waals surface area contributed by atoms with Crippen molar-refractivity contribution < 1.29 is 4.79 Å². The van der Waals surface area contributed by atoms with E-state index < -0.39 is 6.03 Å². The van der Waals surface area contributed by atoms with Crippen LogP contribution in [0.1, 0.15) is 26.7 Å². The minimum absolute atomic E-state index is 0.419. The van der Waals surface area contributed by atoms with E-state index in [2.05, 4.69) is 23.2 Å². The number of hydrogen-bond donors (Lipinski definition) is 2. The molecule has 0 aromatic rings. The molecular formula is C11H17N3O. The maximum atomic E-state index is 10.5. The molecule has 1 atom stereocenters. The van der Waals surface area contributed by atoms with Crippen molar-refractivity contribution >= 4 is 11.7 Å². The average molecular weight is 207 g/mol. The van der Waals surface area contributed by atoms with Gasteiger partial charge in [-0.2, -0.15) is 5.10 Å². The summed E-state index contributed by atoms with van der Waals surface area (Å²) in [4.78, 5) is 10.5. The summed E-state index contributed by atoms with van der Waals surface area (Å²) in [6.45, 7) is 7.93. The van der Waals surface area contributed by atoms with Crippen LogP contribution in [0.4, 0.5) is 4.79 Å². The standard InChI is InChI=1S/C11H17N3O/c1-7(2)9-5-4-8(3)10(6-9)13-14-11(12)15/h4,9H,1,5-6H2,2-3H3,(H3,12,14,15)/t9-/m0/s1. The molecule has 0 saturated carbocycles. The number of carbonyl (C=O) groups is 1. The van der Waals surface area contributed by atoms with Crippen molar-refractivity contribution in [2.45, 2.75) is 26.7 Å². The van der Waals surface area contributed by atoms with Gasteiger partial charge in [0.1, 0.15) is 0 Å². The zero-order valence-electron chi connectivity index (χ0n) is 9.21. The third-order valence-electron chi connectivity index (χ3n) is 2.60. The van der Waals surface area contributed by atoms with Gasteiger partial charge in [0.2, 0.25) is 0 Å². The van der Waals surface area contributed by atoms with E-state index in [9.17, 15) is 4.79 Å². The first-order valence-corrected chi connectivity index (χ1v) is 4.95. The van der Waals surface area contributed by atoms with Crippen molar-refractivity contribution in [3.05, 3.63) is 23.8 Å². The van der Waals surface area contributed by atoms with Gasteiger partial charge in [0, 0.05) is 0 Å². The van der Waals surface area contributed by atoms with Gasteiger partial charge in [0.15, 0.2) is 0 Å². The van der Waals surface area contributed by atoms with E-state index in [-0.39, 0.29) is 0 Å². The van der Waals surface area contributed by atoms with Crippen molar-refractivity contribution in [3.63, 3.8) is 0 Å². The summed E-state index contributed by atoms with van der Waals surface area (Å²) >= 11 is 0. The highest BCUT2D eigenvalue weighted by Gasteiger charge is 2.18. The number of urea groups is 1. The fourth-order valence-corrected chi connectivity index (χ4v) is 1.55. The number of amides is 2. The maximum absolute atomic E-state index is 10.5. The van der Waals surface area contributed by atoms with Crippen LogP contribution in [0.25, 0.3) is 0 Å². The second-order valence-corrected chi connectivity index (χ2v) is 3.90. The number of hydrogen-bond acceptors (Lipinski definition) is 2. The summed E-state index contributed by atoms with van der Waals surface area (Å²) in [6, 6.07) is -0.632. The molecule has 0 fully saturated rings. The number of hydrazone groups is 1. The Bertz CT molecular complexity index is 342. The molecule has 0 spiro atoms. The monoisotopic (exact) mass is 207 g/mol. The molecule has 0 aliphatic heterocycles. The number of nitrogens with two attached hydrogens (primary N) is 1. The van der Waals surface area contributed by atoms with E-state index >= 15 is 0 Å². The zero-order valence-corrected chi connectivity index (χ0v) is 9.21. The number of nitrogens with one attached hydrogen (secondary N) is 1. The SMILES string of the molecule is C=C(C)[C@H]1CC=C(C)C(=NNC(N)=O)C1. The predicted octanol–water partition coefficient (Wildman–Crippen LogP) is 1.94. The van der Waals surface area contributed by atoms with Crippen molar-refractivity contribution in [3.8, 4) is 0 Å². The summed E-state index contributed by atoms with van der Waals surface area (Å²) < 4.78 is 0. The molecule has 0 unspecified atom stereocenters. The molecule has 0 aromatic heterocycles. The van der Waals surface area contributed by atoms with Gasteiger partial charge in [-0.15, -0.1) is 0 Å². The molecule has 3 N–H and O–H groups in total. The zero-order chi connectivity index (χ0) is 11.4. The van der Waals surface area contributed by atoms with Gasteiger partial charge >= 0.3 is 6.03 Å². The quantitative estimate of drug-likeness (QED) is 0.527. The van der Waals surface area contributed by atoms with Crippen molar-refractivity contribution in [2.24, 2.45) is 16.8 Å². The molecule has 4 heteroatoms. The van der Waals surface area contributed by atoms with Crippen LogP contribution in [-0.2, 0) is 0 Å². The molecule has 2 amide bonds.